The fourth-order valence-corrected chi connectivity index (χ4v) is 2.44. The maximum Gasteiger partial charge on any atom is 0.374 e. The van der Waals surface area contributed by atoms with Gasteiger partial charge in [-0.05, 0) is 25.1 Å². The lowest BCUT2D eigenvalue weighted by atomic mass is 10.2. The molecule has 0 spiro atoms. The van der Waals surface area contributed by atoms with Crippen molar-refractivity contribution in [3.63, 3.8) is 0 Å². The zero-order valence-corrected chi connectivity index (χ0v) is 11.2. The summed E-state index contributed by atoms with van der Waals surface area (Å²) < 4.78 is 45.9. The van der Waals surface area contributed by atoms with E-state index >= 15 is 0 Å². The Morgan fingerprint density at radius 1 is 1.47 bits per heavy atom. The van der Waals surface area contributed by atoms with Crippen molar-refractivity contribution in [1.82, 2.24) is 0 Å². The minimum absolute atomic E-state index is 0.139. The Kier molecular flexibility index (Phi) is 3.51. The van der Waals surface area contributed by atoms with Crippen LogP contribution in [0.25, 0.3) is 11.0 Å². The van der Waals surface area contributed by atoms with Crippen LogP contribution < -0.4 is 0 Å². The van der Waals surface area contributed by atoms with Crippen LogP contribution in [0.1, 0.15) is 17.5 Å². The van der Waals surface area contributed by atoms with Gasteiger partial charge in [-0.25, -0.2) is 17.6 Å². The molecule has 0 aliphatic rings. The van der Waals surface area contributed by atoms with Crippen LogP contribution in [0.15, 0.2) is 27.5 Å². The summed E-state index contributed by atoms with van der Waals surface area (Å²) in [5, 5.41) is 0.240. The molecule has 19 heavy (non-hydrogen) atoms. The lowest BCUT2D eigenvalue weighted by Crippen LogP contribution is -2.02. The predicted octanol–water partition coefficient (Wildman–Crippen LogP) is 2.68. The van der Waals surface area contributed by atoms with Gasteiger partial charge in [0.2, 0.25) is 5.76 Å². The fourth-order valence-electron chi connectivity index (χ4n) is 1.54. The molecule has 0 amide bonds. The minimum atomic E-state index is -4.23. The molecule has 102 valence electrons. The summed E-state index contributed by atoms with van der Waals surface area (Å²) in [6, 6.07) is 3.56. The molecule has 5 nitrogen and oxygen atoms in total. The number of fused-ring (bicyclic) bond motifs is 1. The SMILES string of the molecule is CCOC(=O)c1cc2ccc(S(=O)(=O)Cl)c(F)c2o1. The number of furan rings is 1. The second-order valence-electron chi connectivity index (χ2n) is 3.57. The molecule has 0 unspecified atom stereocenters. The van der Waals surface area contributed by atoms with Crippen LogP contribution in [0.5, 0.6) is 0 Å². The second kappa shape index (κ2) is 4.82. The largest absolute Gasteiger partial charge is 0.460 e. The van der Waals surface area contributed by atoms with Gasteiger partial charge in [-0.15, -0.1) is 0 Å². The lowest BCUT2D eigenvalue weighted by Gasteiger charge is -1.98. The molecular weight excluding hydrogens is 299 g/mol. The highest BCUT2D eigenvalue weighted by Crippen LogP contribution is 2.29. The van der Waals surface area contributed by atoms with E-state index in [4.69, 9.17) is 19.8 Å². The molecule has 0 bridgehead atoms. The Labute approximate surface area is 112 Å². The van der Waals surface area contributed by atoms with E-state index in [9.17, 15) is 17.6 Å². The van der Waals surface area contributed by atoms with Crippen molar-refractivity contribution in [2.24, 2.45) is 0 Å². The molecule has 0 N–H and O–H groups in total. The van der Waals surface area contributed by atoms with Gasteiger partial charge in [-0.1, -0.05) is 0 Å². The van der Waals surface area contributed by atoms with Gasteiger partial charge in [0.15, 0.2) is 11.4 Å². The molecule has 1 aromatic heterocycles. The topological polar surface area (TPSA) is 73.6 Å². The summed E-state index contributed by atoms with van der Waals surface area (Å²) in [5.74, 6) is -2.10. The number of hydrogen-bond donors (Lipinski definition) is 0. The van der Waals surface area contributed by atoms with Crippen LogP contribution in [-0.4, -0.2) is 21.0 Å². The van der Waals surface area contributed by atoms with E-state index in [0.717, 1.165) is 6.07 Å². The summed E-state index contributed by atoms with van der Waals surface area (Å²) in [5.41, 5.74) is -0.357. The van der Waals surface area contributed by atoms with Crippen molar-refractivity contribution in [1.29, 1.82) is 0 Å². The molecule has 0 radical (unpaired) electrons. The molecule has 2 aromatic rings. The van der Waals surface area contributed by atoms with E-state index in [1.54, 1.807) is 6.92 Å². The van der Waals surface area contributed by atoms with Crippen LogP contribution in [0.4, 0.5) is 4.39 Å². The van der Waals surface area contributed by atoms with Gasteiger partial charge in [-0.3, -0.25) is 0 Å². The van der Waals surface area contributed by atoms with Crippen LogP contribution in [0.2, 0.25) is 0 Å². The van der Waals surface area contributed by atoms with Crippen molar-refractivity contribution in [2.75, 3.05) is 6.61 Å². The monoisotopic (exact) mass is 306 g/mol. The first-order chi connectivity index (χ1) is 8.84. The summed E-state index contributed by atoms with van der Waals surface area (Å²) in [7, 11) is 0.857. The smallest absolute Gasteiger partial charge is 0.374 e. The van der Waals surface area contributed by atoms with E-state index in [1.807, 2.05) is 0 Å². The average molecular weight is 307 g/mol. The number of hydrogen-bond acceptors (Lipinski definition) is 5. The zero-order chi connectivity index (χ0) is 14.2. The maximum atomic E-state index is 13.9. The molecular formula is C11H8ClFO5S. The standard InChI is InChI=1S/C11H8ClFO5S/c1-2-17-11(14)7-5-6-3-4-8(19(12,15)16)9(13)10(6)18-7/h3-5H,2H2,1H3. The van der Waals surface area contributed by atoms with Crippen LogP contribution in [0.3, 0.4) is 0 Å². The molecule has 1 aromatic carbocycles. The van der Waals surface area contributed by atoms with E-state index in [1.165, 1.54) is 12.1 Å². The van der Waals surface area contributed by atoms with Gasteiger partial charge in [0.25, 0.3) is 9.05 Å². The quantitative estimate of drug-likeness (QED) is 0.644. The highest BCUT2D eigenvalue weighted by Gasteiger charge is 2.22. The first-order valence-electron chi connectivity index (χ1n) is 5.18. The molecule has 0 aliphatic heterocycles. The Hall–Kier alpha value is -1.60. The number of ether oxygens (including phenoxy) is 1. The highest BCUT2D eigenvalue weighted by molar-refractivity contribution is 8.13. The van der Waals surface area contributed by atoms with Crippen LogP contribution >= 0.6 is 10.7 Å². The molecule has 0 fully saturated rings. The maximum absolute atomic E-state index is 13.9. The van der Waals surface area contributed by atoms with Crippen molar-refractivity contribution in [3.05, 3.63) is 29.8 Å². The average Bonchev–Trinajstić information content (AvgIpc) is 2.73. The normalized spacial score (nSPS) is 11.7. The van der Waals surface area contributed by atoms with Crippen molar-refractivity contribution < 1.29 is 26.8 Å². The third-order valence-electron chi connectivity index (χ3n) is 2.33. The lowest BCUT2D eigenvalue weighted by molar-refractivity contribution is 0.0492. The highest BCUT2D eigenvalue weighted by atomic mass is 35.7. The first kappa shape index (κ1) is 13.8. The van der Waals surface area contributed by atoms with Gasteiger partial charge < -0.3 is 9.15 Å². The molecule has 0 saturated carbocycles. The summed E-state index contributed by atoms with van der Waals surface area (Å²) in [6.07, 6.45) is 0. The second-order valence-corrected chi connectivity index (χ2v) is 6.10. The van der Waals surface area contributed by atoms with Gasteiger partial charge in [0.05, 0.1) is 6.61 Å². The summed E-state index contributed by atoms with van der Waals surface area (Å²) >= 11 is 0. The van der Waals surface area contributed by atoms with Gasteiger partial charge in [0, 0.05) is 16.1 Å². The van der Waals surface area contributed by atoms with Crippen molar-refractivity contribution in [3.8, 4) is 0 Å². The minimum Gasteiger partial charge on any atom is -0.460 e. The molecule has 0 saturated heterocycles. The van der Waals surface area contributed by atoms with Gasteiger partial charge >= 0.3 is 5.97 Å². The van der Waals surface area contributed by atoms with Crippen LogP contribution in [-0.2, 0) is 13.8 Å². The van der Waals surface area contributed by atoms with Crippen molar-refractivity contribution >= 4 is 36.7 Å². The molecule has 1 heterocycles. The number of esters is 1. The number of benzene rings is 1. The van der Waals surface area contributed by atoms with Crippen molar-refractivity contribution in [2.45, 2.75) is 11.8 Å². The Bertz CT molecular complexity index is 750. The van der Waals surface area contributed by atoms with E-state index in [0.29, 0.717) is 0 Å². The molecule has 8 heteroatoms. The van der Waals surface area contributed by atoms with E-state index < -0.39 is 25.7 Å². The molecule has 2 rings (SSSR count). The van der Waals surface area contributed by atoms with Gasteiger partial charge in [0.1, 0.15) is 4.90 Å². The number of carbonyl (C=O) groups is 1. The van der Waals surface area contributed by atoms with E-state index in [-0.39, 0.29) is 23.3 Å². The van der Waals surface area contributed by atoms with Gasteiger partial charge in [-0.2, -0.15) is 0 Å². The number of carbonyl (C=O) groups excluding carboxylic acids is 1. The Morgan fingerprint density at radius 3 is 2.74 bits per heavy atom. The zero-order valence-electron chi connectivity index (χ0n) is 9.64. The first-order valence-corrected chi connectivity index (χ1v) is 7.49. The van der Waals surface area contributed by atoms with E-state index in [2.05, 4.69) is 0 Å². The third-order valence-corrected chi connectivity index (χ3v) is 3.67. The Morgan fingerprint density at radius 2 is 2.16 bits per heavy atom. The third kappa shape index (κ3) is 2.57. The molecule has 0 aliphatic carbocycles. The Balaban J connectivity index is 2.62. The number of rotatable bonds is 3. The fraction of sp³-hybridized carbons (Fsp3) is 0.182. The predicted molar refractivity (Wildman–Crippen MR) is 65.2 cm³/mol. The number of halogens is 2. The summed E-state index contributed by atoms with van der Waals surface area (Å²) in [4.78, 5) is 10.7. The van der Waals surface area contributed by atoms with Crippen LogP contribution in [0, 0.1) is 5.82 Å². The summed E-state index contributed by atoms with van der Waals surface area (Å²) in [6.45, 7) is 1.75. The molecule has 0 atom stereocenters.